The van der Waals surface area contributed by atoms with E-state index in [0.29, 0.717) is 12.5 Å². The molecular formula is C17H26BrNO. The molecule has 1 aliphatic rings. The molecule has 2 nitrogen and oxygen atoms in total. The zero-order valence-electron chi connectivity index (χ0n) is 12.5. The van der Waals surface area contributed by atoms with Gasteiger partial charge in [0, 0.05) is 16.4 Å². The third kappa shape index (κ3) is 3.10. The zero-order chi connectivity index (χ0) is 14.8. The van der Waals surface area contributed by atoms with Crippen molar-refractivity contribution >= 4 is 15.9 Å². The summed E-state index contributed by atoms with van der Waals surface area (Å²) in [5.41, 5.74) is 8.13. The van der Waals surface area contributed by atoms with E-state index in [1.807, 2.05) is 12.1 Å². The van der Waals surface area contributed by atoms with E-state index in [2.05, 4.69) is 35.8 Å². The Hall–Kier alpha value is -0.380. The molecule has 1 saturated carbocycles. The number of nitrogens with two attached hydrogens (primary N) is 1. The van der Waals surface area contributed by atoms with Crippen molar-refractivity contribution in [2.24, 2.45) is 17.1 Å². The van der Waals surface area contributed by atoms with Crippen molar-refractivity contribution in [2.45, 2.75) is 52.1 Å². The molecular weight excluding hydrogens is 314 g/mol. The fraction of sp³-hybridized carbons (Fsp3) is 0.647. The molecule has 3 atom stereocenters. The number of benzene rings is 1. The van der Waals surface area contributed by atoms with E-state index < -0.39 is 6.10 Å². The van der Waals surface area contributed by atoms with Gasteiger partial charge in [0.15, 0.2) is 0 Å². The number of rotatable bonds is 4. The summed E-state index contributed by atoms with van der Waals surface area (Å²) in [6.45, 7) is 4.87. The first kappa shape index (κ1) is 16.0. The van der Waals surface area contributed by atoms with Crippen LogP contribution in [0.3, 0.4) is 0 Å². The molecule has 20 heavy (non-hydrogen) atoms. The van der Waals surface area contributed by atoms with E-state index in [9.17, 15) is 5.11 Å². The van der Waals surface area contributed by atoms with Crippen LogP contribution in [0.4, 0.5) is 0 Å². The molecule has 112 valence electrons. The third-order valence-corrected chi connectivity index (χ3v) is 5.91. The molecule has 3 heteroatoms. The van der Waals surface area contributed by atoms with Crippen LogP contribution in [0.25, 0.3) is 0 Å². The predicted molar refractivity (Wildman–Crippen MR) is 87.6 cm³/mol. The standard InChI is InChI=1S/C17H26BrNO/c1-3-13-5-4-8-17(10-13,11-19)16(20)14-7-6-12(2)15(18)9-14/h6-7,9,13,16,20H,3-5,8,10-11,19H2,1-2H3. The molecule has 1 aliphatic carbocycles. The van der Waals surface area contributed by atoms with E-state index >= 15 is 0 Å². The van der Waals surface area contributed by atoms with Gasteiger partial charge in [0.25, 0.3) is 0 Å². The van der Waals surface area contributed by atoms with Gasteiger partial charge in [-0.15, -0.1) is 0 Å². The molecule has 1 aromatic carbocycles. The highest BCUT2D eigenvalue weighted by Crippen LogP contribution is 2.48. The van der Waals surface area contributed by atoms with Crippen molar-refractivity contribution in [3.8, 4) is 0 Å². The smallest absolute Gasteiger partial charge is 0.0858 e. The lowest BCUT2D eigenvalue weighted by Gasteiger charge is -2.43. The maximum atomic E-state index is 10.9. The molecule has 0 aliphatic heterocycles. The Morgan fingerprint density at radius 1 is 1.50 bits per heavy atom. The summed E-state index contributed by atoms with van der Waals surface area (Å²) in [7, 11) is 0. The predicted octanol–water partition coefficient (Wildman–Crippen LogP) is 4.34. The molecule has 3 N–H and O–H groups in total. The van der Waals surface area contributed by atoms with Gasteiger partial charge >= 0.3 is 0 Å². The second-order valence-corrected chi connectivity index (χ2v) is 7.20. The van der Waals surface area contributed by atoms with Crippen LogP contribution in [0.1, 0.15) is 56.3 Å². The molecule has 0 spiro atoms. The van der Waals surface area contributed by atoms with Gasteiger partial charge < -0.3 is 10.8 Å². The fourth-order valence-corrected chi connectivity index (χ4v) is 3.94. The summed E-state index contributed by atoms with van der Waals surface area (Å²) in [6.07, 6.45) is 5.27. The van der Waals surface area contributed by atoms with Crippen molar-refractivity contribution in [1.82, 2.24) is 0 Å². The highest BCUT2D eigenvalue weighted by atomic mass is 79.9. The SMILES string of the molecule is CCC1CCCC(CN)(C(O)c2ccc(C)c(Br)c2)C1. The summed E-state index contributed by atoms with van der Waals surface area (Å²) in [4.78, 5) is 0. The molecule has 0 radical (unpaired) electrons. The monoisotopic (exact) mass is 339 g/mol. The van der Waals surface area contributed by atoms with Crippen molar-refractivity contribution in [1.29, 1.82) is 0 Å². The normalized spacial score (nSPS) is 28.4. The molecule has 0 aromatic heterocycles. The highest BCUT2D eigenvalue weighted by Gasteiger charge is 2.41. The van der Waals surface area contributed by atoms with Gasteiger partial charge in [0.05, 0.1) is 6.10 Å². The fourth-order valence-electron chi connectivity index (χ4n) is 3.55. The van der Waals surface area contributed by atoms with Crippen LogP contribution in [0.15, 0.2) is 22.7 Å². The van der Waals surface area contributed by atoms with E-state index in [-0.39, 0.29) is 5.41 Å². The van der Waals surface area contributed by atoms with Crippen LogP contribution >= 0.6 is 15.9 Å². The zero-order valence-corrected chi connectivity index (χ0v) is 14.1. The number of aliphatic hydroxyl groups excluding tert-OH is 1. The van der Waals surface area contributed by atoms with Crippen LogP contribution in [0, 0.1) is 18.3 Å². The highest BCUT2D eigenvalue weighted by molar-refractivity contribution is 9.10. The number of halogens is 1. The van der Waals surface area contributed by atoms with E-state index in [4.69, 9.17) is 5.73 Å². The van der Waals surface area contributed by atoms with Gasteiger partial charge in [-0.1, -0.05) is 54.2 Å². The molecule has 1 aromatic rings. The Morgan fingerprint density at radius 2 is 2.25 bits per heavy atom. The lowest BCUT2D eigenvalue weighted by atomic mass is 9.64. The Morgan fingerprint density at radius 3 is 2.85 bits per heavy atom. The van der Waals surface area contributed by atoms with Crippen molar-refractivity contribution < 1.29 is 5.11 Å². The first-order valence-corrected chi connectivity index (χ1v) is 8.46. The second kappa shape index (κ2) is 6.59. The quantitative estimate of drug-likeness (QED) is 0.857. The van der Waals surface area contributed by atoms with E-state index in [0.717, 1.165) is 22.9 Å². The van der Waals surface area contributed by atoms with Crippen molar-refractivity contribution in [3.05, 3.63) is 33.8 Å². The van der Waals surface area contributed by atoms with Gasteiger partial charge in [-0.25, -0.2) is 0 Å². The van der Waals surface area contributed by atoms with Gasteiger partial charge in [-0.2, -0.15) is 0 Å². The van der Waals surface area contributed by atoms with Crippen LogP contribution < -0.4 is 5.73 Å². The molecule has 0 heterocycles. The first-order chi connectivity index (χ1) is 9.52. The van der Waals surface area contributed by atoms with E-state index in [1.54, 1.807) is 0 Å². The molecule has 3 unspecified atom stereocenters. The van der Waals surface area contributed by atoms with Crippen LogP contribution in [-0.4, -0.2) is 11.7 Å². The molecule has 2 rings (SSSR count). The average Bonchev–Trinajstić information content (AvgIpc) is 2.49. The van der Waals surface area contributed by atoms with Gasteiger partial charge in [0.1, 0.15) is 0 Å². The first-order valence-electron chi connectivity index (χ1n) is 7.66. The minimum Gasteiger partial charge on any atom is -0.388 e. The van der Waals surface area contributed by atoms with E-state index in [1.165, 1.54) is 24.8 Å². The van der Waals surface area contributed by atoms with Crippen LogP contribution in [0.5, 0.6) is 0 Å². The Balaban J connectivity index is 2.27. The topological polar surface area (TPSA) is 46.2 Å². The Labute approximate surface area is 130 Å². The maximum absolute atomic E-state index is 10.9. The molecule has 0 bridgehead atoms. The summed E-state index contributed by atoms with van der Waals surface area (Å²) in [5, 5.41) is 10.9. The summed E-state index contributed by atoms with van der Waals surface area (Å²) >= 11 is 3.56. The lowest BCUT2D eigenvalue weighted by molar-refractivity contribution is -0.0162. The largest absolute Gasteiger partial charge is 0.388 e. The van der Waals surface area contributed by atoms with Crippen molar-refractivity contribution in [3.63, 3.8) is 0 Å². The number of hydrogen-bond acceptors (Lipinski definition) is 2. The summed E-state index contributed by atoms with van der Waals surface area (Å²) < 4.78 is 1.06. The lowest BCUT2D eigenvalue weighted by Crippen LogP contribution is -2.41. The number of aryl methyl sites for hydroxylation is 1. The number of hydrogen-bond donors (Lipinski definition) is 2. The Kier molecular flexibility index (Phi) is 5.27. The van der Waals surface area contributed by atoms with Crippen LogP contribution in [0.2, 0.25) is 0 Å². The summed E-state index contributed by atoms with van der Waals surface area (Å²) in [5.74, 6) is 0.704. The van der Waals surface area contributed by atoms with Gasteiger partial charge in [-0.05, 0) is 42.9 Å². The second-order valence-electron chi connectivity index (χ2n) is 6.35. The van der Waals surface area contributed by atoms with Gasteiger partial charge in [0.2, 0.25) is 0 Å². The minimum atomic E-state index is -0.459. The number of aliphatic hydroxyl groups is 1. The minimum absolute atomic E-state index is 0.145. The van der Waals surface area contributed by atoms with Crippen molar-refractivity contribution in [2.75, 3.05) is 6.54 Å². The third-order valence-electron chi connectivity index (χ3n) is 5.06. The molecule has 1 fully saturated rings. The molecule has 0 saturated heterocycles. The molecule has 0 amide bonds. The summed E-state index contributed by atoms with van der Waals surface area (Å²) in [6, 6.07) is 6.15. The van der Waals surface area contributed by atoms with Crippen LogP contribution in [-0.2, 0) is 0 Å². The maximum Gasteiger partial charge on any atom is 0.0858 e. The average molecular weight is 340 g/mol. The van der Waals surface area contributed by atoms with Gasteiger partial charge in [-0.3, -0.25) is 0 Å². The Bertz CT molecular complexity index is 462.